The van der Waals surface area contributed by atoms with Crippen molar-refractivity contribution in [1.82, 2.24) is 9.27 Å². The molecule has 128 valence electrons. The van der Waals surface area contributed by atoms with Crippen LogP contribution in [-0.4, -0.2) is 60.3 Å². The number of amides is 1. The first kappa shape index (κ1) is 17.1. The summed E-state index contributed by atoms with van der Waals surface area (Å²) in [5, 5.41) is 18.1. The lowest BCUT2D eigenvalue weighted by molar-refractivity contribution is -0.147. The molecule has 1 fully saturated rings. The lowest BCUT2D eigenvalue weighted by Crippen LogP contribution is -2.68. The summed E-state index contributed by atoms with van der Waals surface area (Å²) in [5.41, 5.74) is 5.02. The Balaban J connectivity index is 1.86. The number of carbonyl (C=O) groups excluding carboxylic acids is 1. The fourth-order valence-electron chi connectivity index (χ4n) is 2.42. The Hall–Kier alpha value is -1.76. The van der Waals surface area contributed by atoms with Crippen LogP contribution in [-0.2, 0) is 9.59 Å². The molecule has 5 N–H and O–H groups in total. The SMILES string of the molecule is NC1C(=O)N2C(C(=O)O)=C(CSc3s[nH]c(=O)c3C(=O)O)CS[C@H]12. The van der Waals surface area contributed by atoms with E-state index in [1.807, 2.05) is 0 Å². The van der Waals surface area contributed by atoms with Crippen LogP contribution in [0.1, 0.15) is 10.4 Å². The fourth-order valence-corrected chi connectivity index (χ4v) is 5.81. The number of aromatic nitrogens is 1. The molecule has 1 unspecified atom stereocenters. The molecule has 2 aliphatic heterocycles. The van der Waals surface area contributed by atoms with Crippen molar-refractivity contribution in [1.29, 1.82) is 0 Å². The molecule has 0 aliphatic carbocycles. The third kappa shape index (κ3) is 2.64. The predicted molar refractivity (Wildman–Crippen MR) is 88.4 cm³/mol. The molecule has 1 amide bonds. The van der Waals surface area contributed by atoms with Gasteiger partial charge in [-0.15, -0.1) is 23.5 Å². The first-order valence-corrected chi connectivity index (χ1v) is 9.41. The number of carboxylic acid groups (broad SMARTS) is 2. The van der Waals surface area contributed by atoms with Crippen LogP contribution < -0.4 is 11.3 Å². The monoisotopic (exact) mass is 389 g/mol. The molecule has 3 rings (SSSR count). The van der Waals surface area contributed by atoms with Gasteiger partial charge < -0.3 is 15.9 Å². The van der Waals surface area contributed by atoms with Crippen molar-refractivity contribution >= 4 is 52.9 Å². The maximum absolute atomic E-state index is 11.8. The summed E-state index contributed by atoms with van der Waals surface area (Å²) in [5.74, 6) is -2.47. The maximum atomic E-state index is 11.8. The molecular weight excluding hydrogens is 378 g/mol. The minimum Gasteiger partial charge on any atom is -0.477 e. The number of β-lactam (4-membered cyclic amide) rings is 1. The van der Waals surface area contributed by atoms with Gasteiger partial charge in [-0.05, 0) is 5.57 Å². The number of fused-ring (bicyclic) bond motifs is 1. The highest BCUT2D eigenvalue weighted by molar-refractivity contribution is 8.02. The predicted octanol–water partition coefficient (Wildman–Crippen LogP) is -0.192. The van der Waals surface area contributed by atoms with Gasteiger partial charge in [-0.25, -0.2) is 9.59 Å². The summed E-state index contributed by atoms with van der Waals surface area (Å²) < 4.78 is 2.61. The average Bonchev–Trinajstić information content (AvgIpc) is 2.91. The zero-order valence-electron chi connectivity index (χ0n) is 11.8. The van der Waals surface area contributed by atoms with Gasteiger partial charge in [-0.3, -0.25) is 18.9 Å². The van der Waals surface area contributed by atoms with Gasteiger partial charge in [0.25, 0.3) is 5.56 Å². The van der Waals surface area contributed by atoms with E-state index in [9.17, 15) is 24.3 Å². The van der Waals surface area contributed by atoms with Crippen molar-refractivity contribution in [2.45, 2.75) is 15.6 Å². The third-order valence-electron chi connectivity index (χ3n) is 3.55. The standard InChI is InChI=1S/C12H11N3O6S3/c13-5-8(17)15-6(11(20)21)3(1-22-9(5)15)2-23-12-4(10(18)19)7(16)14-24-12/h5,9H,1-2,13H2,(H,14,16)(H,18,19)(H,20,21)/t5?,9-/m1/s1. The highest BCUT2D eigenvalue weighted by Gasteiger charge is 2.51. The molecule has 0 radical (unpaired) electrons. The molecule has 12 heteroatoms. The normalized spacial score (nSPS) is 23.0. The van der Waals surface area contributed by atoms with Crippen molar-refractivity contribution in [3.63, 3.8) is 0 Å². The van der Waals surface area contributed by atoms with E-state index in [1.54, 1.807) is 0 Å². The van der Waals surface area contributed by atoms with E-state index in [4.69, 9.17) is 10.8 Å². The summed E-state index contributed by atoms with van der Waals surface area (Å²) in [4.78, 5) is 47.1. The number of carbonyl (C=O) groups is 3. The Morgan fingerprint density at radius 2 is 2.04 bits per heavy atom. The molecule has 24 heavy (non-hydrogen) atoms. The number of rotatable bonds is 5. The lowest BCUT2D eigenvalue weighted by Gasteiger charge is -2.48. The van der Waals surface area contributed by atoms with E-state index >= 15 is 0 Å². The molecule has 0 bridgehead atoms. The number of H-pyrrole nitrogens is 1. The van der Waals surface area contributed by atoms with Crippen LogP contribution in [0.25, 0.3) is 0 Å². The van der Waals surface area contributed by atoms with Gasteiger partial charge in [-0.2, -0.15) is 0 Å². The number of nitrogens with zero attached hydrogens (tertiary/aromatic N) is 1. The van der Waals surface area contributed by atoms with E-state index in [2.05, 4.69) is 4.37 Å². The van der Waals surface area contributed by atoms with Crippen LogP contribution in [0.3, 0.4) is 0 Å². The van der Waals surface area contributed by atoms with Crippen molar-refractivity contribution in [2.75, 3.05) is 11.5 Å². The Morgan fingerprint density at radius 1 is 1.33 bits per heavy atom. The minimum atomic E-state index is -1.34. The molecule has 2 aliphatic rings. The van der Waals surface area contributed by atoms with Gasteiger partial charge in [0.2, 0.25) is 5.91 Å². The zero-order chi connectivity index (χ0) is 17.6. The number of hydrogen-bond acceptors (Lipinski definition) is 8. The molecule has 1 aromatic rings. The molecule has 9 nitrogen and oxygen atoms in total. The largest absolute Gasteiger partial charge is 0.477 e. The molecule has 0 aromatic carbocycles. The summed E-state index contributed by atoms with van der Waals surface area (Å²) in [6.07, 6.45) is 0. The van der Waals surface area contributed by atoms with E-state index in [0.29, 0.717) is 11.3 Å². The fraction of sp³-hybridized carbons (Fsp3) is 0.333. The van der Waals surface area contributed by atoms with Gasteiger partial charge in [-0.1, -0.05) is 11.5 Å². The molecule has 1 aromatic heterocycles. The van der Waals surface area contributed by atoms with E-state index in [0.717, 1.165) is 23.3 Å². The Labute approximate surface area is 147 Å². The second kappa shape index (κ2) is 6.27. The first-order valence-electron chi connectivity index (χ1n) is 6.56. The Bertz CT molecular complexity index is 828. The van der Waals surface area contributed by atoms with Gasteiger partial charge in [0, 0.05) is 11.5 Å². The van der Waals surface area contributed by atoms with E-state index < -0.39 is 29.4 Å². The molecule has 2 atom stereocenters. The number of nitrogens with two attached hydrogens (primary N) is 1. The number of nitrogens with one attached hydrogen (secondary N) is 1. The van der Waals surface area contributed by atoms with Crippen molar-refractivity contribution in [3.05, 3.63) is 27.2 Å². The average molecular weight is 389 g/mol. The van der Waals surface area contributed by atoms with Crippen LogP contribution >= 0.6 is 35.1 Å². The Kier molecular flexibility index (Phi) is 4.46. The second-order valence-electron chi connectivity index (χ2n) is 4.98. The number of carboxylic acids is 2. The molecule has 3 heterocycles. The molecule has 0 saturated carbocycles. The number of aliphatic carboxylic acids is 1. The molecule has 0 spiro atoms. The quantitative estimate of drug-likeness (QED) is 0.396. The topological polar surface area (TPSA) is 154 Å². The summed E-state index contributed by atoms with van der Waals surface area (Å²) >= 11 is 3.31. The van der Waals surface area contributed by atoms with Crippen molar-refractivity contribution in [3.8, 4) is 0 Å². The second-order valence-corrected chi connectivity index (χ2v) is 8.15. The highest BCUT2D eigenvalue weighted by Crippen LogP contribution is 2.41. The van der Waals surface area contributed by atoms with Crippen LogP contribution in [0.4, 0.5) is 0 Å². The molecule has 1 saturated heterocycles. The zero-order valence-corrected chi connectivity index (χ0v) is 14.3. The van der Waals surface area contributed by atoms with E-state index in [-0.39, 0.29) is 26.6 Å². The van der Waals surface area contributed by atoms with Crippen molar-refractivity contribution in [2.24, 2.45) is 5.73 Å². The Morgan fingerprint density at radius 3 is 2.67 bits per heavy atom. The maximum Gasteiger partial charge on any atom is 0.352 e. The number of aromatic carboxylic acids is 1. The third-order valence-corrected chi connectivity index (χ3v) is 7.15. The van der Waals surface area contributed by atoms with Gasteiger partial charge >= 0.3 is 11.9 Å². The van der Waals surface area contributed by atoms with Gasteiger partial charge in [0.15, 0.2) is 5.56 Å². The number of hydrogen-bond donors (Lipinski definition) is 4. The highest BCUT2D eigenvalue weighted by atomic mass is 32.2. The minimum absolute atomic E-state index is 0.0993. The summed E-state index contributed by atoms with van der Waals surface area (Å²) in [7, 11) is 0. The lowest BCUT2D eigenvalue weighted by atomic mass is 10.0. The van der Waals surface area contributed by atoms with Gasteiger partial charge in [0.05, 0.1) is 4.21 Å². The number of aromatic amines is 1. The summed E-state index contributed by atoms with van der Waals surface area (Å²) in [6, 6.07) is -0.702. The van der Waals surface area contributed by atoms with Crippen LogP contribution in [0.5, 0.6) is 0 Å². The summed E-state index contributed by atoms with van der Waals surface area (Å²) in [6.45, 7) is 0. The van der Waals surface area contributed by atoms with Crippen LogP contribution in [0, 0.1) is 0 Å². The number of thioether (sulfide) groups is 2. The van der Waals surface area contributed by atoms with Crippen molar-refractivity contribution < 1.29 is 24.6 Å². The van der Waals surface area contributed by atoms with Gasteiger partial charge in [0.1, 0.15) is 17.1 Å². The first-order chi connectivity index (χ1) is 11.3. The van der Waals surface area contributed by atoms with E-state index in [1.165, 1.54) is 16.7 Å². The van der Waals surface area contributed by atoms with Crippen LogP contribution in [0.15, 0.2) is 20.3 Å². The molecular formula is C12H11N3O6S3. The smallest absolute Gasteiger partial charge is 0.352 e. The van der Waals surface area contributed by atoms with Crippen LogP contribution in [0.2, 0.25) is 0 Å².